The topological polar surface area (TPSA) is 109 Å². The van der Waals surface area contributed by atoms with E-state index in [9.17, 15) is 9.65 Å². The molecule has 2 aromatic carbocycles. The van der Waals surface area contributed by atoms with Gasteiger partial charge in [0.25, 0.3) is 0 Å². The first-order valence-electron chi connectivity index (χ1n) is 11.2. The van der Waals surface area contributed by atoms with Crippen molar-refractivity contribution in [1.29, 1.82) is 5.26 Å². The number of nitrogen functional groups attached to an aromatic ring is 1. The highest BCUT2D eigenvalue weighted by Crippen LogP contribution is 2.50. The van der Waals surface area contributed by atoms with Crippen molar-refractivity contribution in [3.8, 4) is 29.0 Å². The molecule has 2 aromatic heterocycles. The Morgan fingerprint density at radius 2 is 2.14 bits per heavy atom. The van der Waals surface area contributed by atoms with Crippen molar-refractivity contribution in [3.63, 3.8) is 0 Å². The molecule has 1 saturated heterocycles. The third-order valence-electron chi connectivity index (χ3n) is 6.58. The van der Waals surface area contributed by atoms with Crippen LogP contribution in [0.25, 0.3) is 32.1 Å². The number of hydrogen-bond acceptors (Lipinski definition) is 9. The second-order valence-electron chi connectivity index (χ2n) is 8.66. The molecule has 8 nitrogen and oxygen atoms in total. The standard InChI is InChI=1S/C24H19ClF2N6O2S/c1-34-24-31-19-16-20(35-5-4-33(23(16)32-24)9-10-7-30-8-10)17(25)15(18(19)27)11-2-3-13(26)21-14(11)12(6-28)22(29)36-21/h2-3,10,30H,4-5,7-9,29H2,1H3. The van der Waals surface area contributed by atoms with Crippen LogP contribution >= 0.6 is 22.9 Å². The van der Waals surface area contributed by atoms with E-state index in [0.29, 0.717) is 30.2 Å². The Morgan fingerprint density at radius 1 is 1.33 bits per heavy atom. The van der Waals surface area contributed by atoms with E-state index < -0.39 is 11.6 Å². The summed E-state index contributed by atoms with van der Waals surface area (Å²) in [4.78, 5) is 10.9. The third kappa shape index (κ3) is 3.32. The average Bonchev–Trinajstić information content (AvgIpc) is 3.08. The Hall–Kier alpha value is -3.46. The van der Waals surface area contributed by atoms with Gasteiger partial charge >= 0.3 is 6.01 Å². The molecular weight excluding hydrogens is 510 g/mol. The number of fused-ring (bicyclic) bond motifs is 1. The van der Waals surface area contributed by atoms with Crippen LogP contribution in [0.1, 0.15) is 5.56 Å². The molecule has 2 aliphatic heterocycles. The van der Waals surface area contributed by atoms with Gasteiger partial charge in [0.2, 0.25) is 0 Å². The third-order valence-corrected chi connectivity index (χ3v) is 7.96. The molecule has 0 aliphatic carbocycles. The van der Waals surface area contributed by atoms with Gasteiger partial charge in [0.05, 0.1) is 34.3 Å². The monoisotopic (exact) mass is 528 g/mol. The van der Waals surface area contributed by atoms with E-state index >= 15 is 4.39 Å². The zero-order valence-corrected chi connectivity index (χ0v) is 20.6. The molecule has 4 aromatic rings. The first-order chi connectivity index (χ1) is 17.4. The van der Waals surface area contributed by atoms with Crippen LogP contribution in [0.3, 0.4) is 0 Å². The number of aromatic nitrogens is 2. The molecule has 0 radical (unpaired) electrons. The summed E-state index contributed by atoms with van der Waals surface area (Å²) in [6.07, 6.45) is 0. The normalized spacial score (nSPS) is 15.5. The zero-order valence-electron chi connectivity index (χ0n) is 19.0. The minimum absolute atomic E-state index is 0.00370. The van der Waals surface area contributed by atoms with Crippen LogP contribution < -0.4 is 25.4 Å². The summed E-state index contributed by atoms with van der Waals surface area (Å²) in [5.74, 6) is -0.188. The maximum absolute atomic E-state index is 16.4. The van der Waals surface area contributed by atoms with Crippen LogP contribution in [-0.4, -0.2) is 49.9 Å². The quantitative estimate of drug-likeness (QED) is 0.403. The lowest BCUT2D eigenvalue weighted by Gasteiger charge is -2.33. The average molecular weight is 529 g/mol. The fourth-order valence-electron chi connectivity index (χ4n) is 4.77. The number of nitriles is 1. The SMILES string of the molecule is COc1nc2c3c(c(Cl)c(-c4ccc(F)c5sc(N)c(C#N)c45)c(F)c3n1)OCCN2CC1CNC1. The van der Waals surface area contributed by atoms with Gasteiger partial charge in [0, 0.05) is 36.5 Å². The Labute approximate surface area is 213 Å². The van der Waals surface area contributed by atoms with E-state index in [1.54, 1.807) is 0 Å². The van der Waals surface area contributed by atoms with Gasteiger partial charge in [-0.2, -0.15) is 15.2 Å². The summed E-state index contributed by atoms with van der Waals surface area (Å²) in [6, 6.07) is 4.60. The Balaban J connectivity index is 1.68. The molecule has 0 saturated carbocycles. The van der Waals surface area contributed by atoms with Crippen molar-refractivity contribution in [2.24, 2.45) is 5.92 Å². The van der Waals surface area contributed by atoms with Gasteiger partial charge < -0.3 is 25.4 Å². The number of nitrogens with zero attached hydrogens (tertiary/aromatic N) is 4. The number of nitrogens with two attached hydrogens (primary N) is 1. The molecule has 0 atom stereocenters. The summed E-state index contributed by atoms with van der Waals surface area (Å²) in [5.41, 5.74) is 6.19. The number of halogens is 3. The second kappa shape index (κ2) is 8.58. The van der Waals surface area contributed by atoms with E-state index in [0.717, 1.165) is 24.4 Å². The molecule has 0 spiro atoms. The highest BCUT2D eigenvalue weighted by Gasteiger charge is 2.32. The summed E-state index contributed by atoms with van der Waals surface area (Å²) in [5, 5.41) is 13.6. The molecule has 4 heterocycles. The Morgan fingerprint density at radius 3 is 2.83 bits per heavy atom. The fraction of sp³-hybridized carbons (Fsp3) is 0.292. The van der Waals surface area contributed by atoms with E-state index in [1.807, 2.05) is 11.0 Å². The maximum atomic E-state index is 16.4. The highest BCUT2D eigenvalue weighted by molar-refractivity contribution is 7.23. The molecule has 36 heavy (non-hydrogen) atoms. The summed E-state index contributed by atoms with van der Waals surface area (Å²) in [7, 11) is 1.41. The molecule has 12 heteroatoms. The summed E-state index contributed by atoms with van der Waals surface area (Å²) < 4.78 is 42.6. The van der Waals surface area contributed by atoms with Crippen LogP contribution in [-0.2, 0) is 0 Å². The van der Waals surface area contributed by atoms with E-state index in [4.69, 9.17) is 26.8 Å². The number of nitrogens with one attached hydrogen (secondary N) is 1. The lowest BCUT2D eigenvalue weighted by molar-refractivity contribution is 0.313. The Bertz CT molecular complexity index is 1600. The van der Waals surface area contributed by atoms with Crippen molar-refractivity contribution in [2.45, 2.75) is 0 Å². The molecule has 0 unspecified atom stereocenters. The molecule has 3 N–H and O–H groups in total. The number of thiophene rings is 1. The summed E-state index contributed by atoms with van der Waals surface area (Å²) >= 11 is 7.76. The fourth-order valence-corrected chi connectivity index (χ4v) is 6.05. The lowest BCUT2D eigenvalue weighted by atomic mass is 9.96. The maximum Gasteiger partial charge on any atom is 0.318 e. The van der Waals surface area contributed by atoms with Crippen LogP contribution in [0.2, 0.25) is 5.02 Å². The lowest BCUT2D eigenvalue weighted by Crippen LogP contribution is -2.49. The van der Waals surface area contributed by atoms with Crippen LogP contribution in [0, 0.1) is 28.9 Å². The van der Waals surface area contributed by atoms with Crippen molar-refractivity contribution in [1.82, 2.24) is 15.3 Å². The van der Waals surface area contributed by atoms with Crippen molar-refractivity contribution in [2.75, 3.05) is 50.5 Å². The molecule has 0 amide bonds. The molecular formula is C24H19ClF2N6O2S. The van der Waals surface area contributed by atoms with Gasteiger partial charge in [-0.1, -0.05) is 17.7 Å². The number of ether oxygens (including phenoxy) is 2. The van der Waals surface area contributed by atoms with Crippen molar-refractivity contribution < 1.29 is 18.3 Å². The van der Waals surface area contributed by atoms with E-state index in [2.05, 4.69) is 15.3 Å². The van der Waals surface area contributed by atoms with Gasteiger partial charge in [-0.25, -0.2) is 8.78 Å². The van der Waals surface area contributed by atoms with Crippen molar-refractivity contribution >= 4 is 54.7 Å². The summed E-state index contributed by atoms with van der Waals surface area (Å²) in [6.45, 7) is 3.26. The predicted molar refractivity (Wildman–Crippen MR) is 135 cm³/mol. The van der Waals surface area contributed by atoms with Gasteiger partial charge in [0.1, 0.15) is 34.8 Å². The predicted octanol–water partition coefficient (Wildman–Crippen LogP) is 4.32. The number of methoxy groups -OCH3 is 1. The number of anilines is 2. The van der Waals surface area contributed by atoms with Gasteiger partial charge in [0.15, 0.2) is 11.6 Å². The molecule has 2 aliphatic rings. The number of hydrogen-bond donors (Lipinski definition) is 2. The second-order valence-corrected chi connectivity index (χ2v) is 10.1. The van der Waals surface area contributed by atoms with Gasteiger partial charge in [-0.15, -0.1) is 11.3 Å². The van der Waals surface area contributed by atoms with Crippen LogP contribution in [0.5, 0.6) is 11.8 Å². The van der Waals surface area contributed by atoms with E-state index in [-0.39, 0.29) is 60.7 Å². The van der Waals surface area contributed by atoms with Gasteiger partial charge in [-0.3, -0.25) is 0 Å². The Kier molecular flexibility index (Phi) is 5.48. The molecule has 6 rings (SSSR count). The van der Waals surface area contributed by atoms with Crippen molar-refractivity contribution in [3.05, 3.63) is 34.4 Å². The first kappa shape index (κ1) is 23.0. The van der Waals surface area contributed by atoms with E-state index in [1.165, 1.54) is 19.2 Å². The minimum Gasteiger partial charge on any atom is -0.489 e. The van der Waals surface area contributed by atoms with Crippen LogP contribution in [0.15, 0.2) is 12.1 Å². The number of benzene rings is 2. The van der Waals surface area contributed by atoms with Crippen LogP contribution in [0.4, 0.5) is 19.6 Å². The zero-order chi connectivity index (χ0) is 25.1. The van der Waals surface area contributed by atoms with Gasteiger partial charge in [-0.05, 0) is 11.6 Å². The minimum atomic E-state index is -0.752. The first-order valence-corrected chi connectivity index (χ1v) is 12.4. The largest absolute Gasteiger partial charge is 0.489 e. The molecule has 1 fully saturated rings. The molecule has 184 valence electrons. The highest BCUT2D eigenvalue weighted by atomic mass is 35.5. The smallest absolute Gasteiger partial charge is 0.318 e. The molecule has 0 bridgehead atoms. The number of rotatable bonds is 4.